The van der Waals surface area contributed by atoms with Crippen LogP contribution in [0.5, 0.6) is 0 Å². The summed E-state index contributed by atoms with van der Waals surface area (Å²) in [7, 11) is 0. The van der Waals surface area contributed by atoms with Gasteiger partial charge in [0.25, 0.3) is 0 Å². The van der Waals surface area contributed by atoms with E-state index >= 15 is 0 Å². The molecule has 0 N–H and O–H groups in total. The summed E-state index contributed by atoms with van der Waals surface area (Å²) in [5, 5.41) is 4.09. The Morgan fingerprint density at radius 2 is 1.58 bits per heavy atom. The van der Waals surface area contributed by atoms with Crippen LogP contribution in [0, 0.1) is 0 Å². The molecular formula is C15H9Cl3S. The number of alkyl halides is 1. The van der Waals surface area contributed by atoms with E-state index in [0.717, 1.165) is 16.5 Å². The van der Waals surface area contributed by atoms with E-state index in [1.165, 1.54) is 4.70 Å². The summed E-state index contributed by atoms with van der Waals surface area (Å²) in [6, 6.07) is 13.6. The highest BCUT2D eigenvalue weighted by molar-refractivity contribution is 7.17. The molecule has 0 nitrogen and oxygen atoms in total. The first-order chi connectivity index (χ1) is 9.18. The first kappa shape index (κ1) is 13.3. The standard InChI is InChI=1S/C15H9Cl3S/c16-11-5-3-6-12(17)14(11)15(18)10-8-19-13-7-2-1-4-9(10)13/h1-8,15H. The summed E-state index contributed by atoms with van der Waals surface area (Å²) in [6.45, 7) is 0. The Kier molecular flexibility index (Phi) is 3.72. The van der Waals surface area contributed by atoms with E-state index in [-0.39, 0.29) is 5.38 Å². The number of hydrogen-bond acceptors (Lipinski definition) is 1. The molecule has 19 heavy (non-hydrogen) atoms. The van der Waals surface area contributed by atoms with Gasteiger partial charge in [-0.3, -0.25) is 0 Å². The molecular weight excluding hydrogens is 319 g/mol. The second-order valence-electron chi connectivity index (χ2n) is 4.19. The Morgan fingerprint density at radius 1 is 0.895 bits per heavy atom. The van der Waals surface area contributed by atoms with Gasteiger partial charge in [0.05, 0.1) is 5.38 Å². The van der Waals surface area contributed by atoms with E-state index in [2.05, 4.69) is 17.5 Å². The van der Waals surface area contributed by atoms with Crippen LogP contribution in [0.2, 0.25) is 10.0 Å². The Labute approximate surface area is 130 Å². The molecule has 4 heteroatoms. The Bertz CT molecular complexity index is 713. The maximum atomic E-state index is 6.60. The SMILES string of the molecule is Clc1cccc(Cl)c1C(Cl)c1csc2ccccc12. The first-order valence-corrected chi connectivity index (χ1v) is 7.80. The lowest BCUT2D eigenvalue weighted by Gasteiger charge is -2.13. The summed E-state index contributed by atoms with van der Waals surface area (Å²) in [4.78, 5) is 0. The van der Waals surface area contributed by atoms with Gasteiger partial charge in [0, 0.05) is 20.3 Å². The zero-order chi connectivity index (χ0) is 13.4. The number of hydrogen-bond donors (Lipinski definition) is 0. The molecule has 0 bridgehead atoms. The summed E-state index contributed by atoms with van der Waals surface area (Å²) >= 11 is 20.7. The third kappa shape index (κ3) is 2.36. The van der Waals surface area contributed by atoms with E-state index < -0.39 is 0 Å². The van der Waals surface area contributed by atoms with Crippen LogP contribution < -0.4 is 0 Å². The molecule has 1 aromatic heterocycles. The van der Waals surface area contributed by atoms with Gasteiger partial charge >= 0.3 is 0 Å². The van der Waals surface area contributed by atoms with E-state index in [0.29, 0.717) is 10.0 Å². The average molecular weight is 328 g/mol. The second kappa shape index (κ2) is 5.34. The van der Waals surface area contributed by atoms with Gasteiger partial charge in [0.15, 0.2) is 0 Å². The lowest BCUT2D eigenvalue weighted by Crippen LogP contribution is -1.94. The predicted octanol–water partition coefficient (Wildman–Crippen LogP) is 6.54. The first-order valence-electron chi connectivity index (χ1n) is 5.72. The summed E-state index contributed by atoms with van der Waals surface area (Å²) in [5.41, 5.74) is 1.83. The van der Waals surface area contributed by atoms with Gasteiger partial charge in [-0.25, -0.2) is 0 Å². The highest BCUT2D eigenvalue weighted by Crippen LogP contribution is 2.42. The molecule has 3 rings (SSSR count). The maximum absolute atomic E-state index is 6.60. The van der Waals surface area contributed by atoms with Crippen molar-refractivity contribution < 1.29 is 0 Å². The number of thiophene rings is 1. The van der Waals surface area contributed by atoms with Crippen LogP contribution in [0.3, 0.4) is 0 Å². The number of fused-ring (bicyclic) bond motifs is 1. The quantitative estimate of drug-likeness (QED) is 0.469. The summed E-state index contributed by atoms with van der Waals surface area (Å²) in [5.74, 6) is 0. The van der Waals surface area contributed by atoms with Crippen molar-refractivity contribution >= 4 is 56.2 Å². The lowest BCUT2D eigenvalue weighted by atomic mass is 10.0. The molecule has 0 aliphatic heterocycles. The molecule has 1 unspecified atom stereocenters. The van der Waals surface area contributed by atoms with Crippen molar-refractivity contribution in [2.24, 2.45) is 0 Å². The van der Waals surface area contributed by atoms with Crippen molar-refractivity contribution in [3.05, 3.63) is 69.0 Å². The van der Waals surface area contributed by atoms with Crippen molar-refractivity contribution in [2.45, 2.75) is 5.38 Å². The van der Waals surface area contributed by atoms with Crippen LogP contribution >= 0.6 is 46.1 Å². The van der Waals surface area contributed by atoms with Crippen molar-refractivity contribution in [1.82, 2.24) is 0 Å². The van der Waals surface area contributed by atoms with Crippen LogP contribution in [0.1, 0.15) is 16.5 Å². The molecule has 0 saturated heterocycles. The topological polar surface area (TPSA) is 0 Å². The van der Waals surface area contributed by atoms with E-state index in [1.807, 2.05) is 30.3 Å². The molecule has 1 atom stereocenters. The molecule has 2 aromatic carbocycles. The Balaban J connectivity index is 2.16. The summed E-state index contributed by atoms with van der Waals surface area (Å²) < 4.78 is 1.21. The van der Waals surface area contributed by atoms with E-state index in [9.17, 15) is 0 Å². The fourth-order valence-corrected chi connectivity index (χ4v) is 4.31. The molecule has 3 aromatic rings. The van der Waals surface area contributed by atoms with Crippen LogP contribution in [-0.4, -0.2) is 0 Å². The van der Waals surface area contributed by atoms with E-state index in [1.54, 1.807) is 11.3 Å². The molecule has 0 radical (unpaired) electrons. The molecule has 0 fully saturated rings. The molecule has 1 heterocycles. The van der Waals surface area contributed by atoms with Gasteiger partial charge in [-0.1, -0.05) is 47.5 Å². The van der Waals surface area contributed by atoms with Gasteiger partial charge in [0.1, 0.15) is 0 Å². The average Bonchev–Trinajstić information content (AvgIpc) is 2.82. The minimum absolute atomic E-state index is 0.336. The highest BCUT2D eigenvalue weighted by atomic mass is 35.5. The Hall–Kier alpha value is -0.730. The lowest BCUT2D eigenvalue weighted by molar-refractivity contribution is 1.17. The smallest absolute Gasteiger partial charge is 0.0878 e. The maximum Gasteiger partial charge on any atom is 0.0878 e. The van der Waals surface area contributed by atoms with E-state index in [4.69, 9.17) is 34.8 Å². The van der Waals surface area contributed by atoms with Gasteiger partial charge in [0.2, 0.25) is 0 Å². The zero-order valence-electron chi connectivity index (χ0n) is 9.74. The van der Waals surface area contributed by atoms with Gasteiger partial charge in [-0.2, -0.15) is 0 Å². The van der Waals surface area contributed by atoms with Crippen molar-refractivity contribution in [2.75, 3.05) is 0 Å². The number of halogens is 3. The molecule has 0 spiro atoms. The fraction of sp³-hybridized carbons (Fsp3) is 0.0667. The number of rotatable bonds is 2. The molecule has 0 aliphatic rings. The number of benzene rings is 2. The van der Waals surface area contributed by atoms with Crippen molar-refractivity contribution in [3.63, 3.8) is 0 Å². The molecule has 96 valence electrons. The monoisotopic (exact) mass is 326 g/mol. The van der Waals surface area contributed by atoms with Crippen LogP contribution in [0.4, 0.5) is 0 Å². The predicted molar refractivity (Wildman–Crippen MR) is 86.0 cm³/mol. The van der Waals surface area contributed by atoms with Gasteiger partial charge in [-0.05, 0) is 34.5 Å². The second-order valence-corrected chi connectivity index (χ2v) is 6.35. The Morgan fingerprint density at radius 3 is 2.32 bits per heavy atom. The van der Waals surface area contributed by atoms with Crippen LogP contribution in [0.25, 0.3) is 10.1 Å². The largest absolute Gasteiger partial charge is 0.143 e. The highest BCUT2D eigenvalue weighted by Gasteiger charge is 2.20. The van der Waals surface area contributed by atoms with Crippen LogP contribution in [0.15, 0.2) is 47.8 Å². The van der Waals surface area contributed by atoms with Crippen LogP contribution in [-0.2, 0) is 0 Å². The van der Waals surface area contributed by atoms with Gasteiger partial charge < -0.3 is 0 Å². The zero-order valence-corrected chi connectivity index (χ0v) is 12.8. The molecule has 0 aliphatic carbocycles. The minimum Gasteiger partial charge on any atom is -0.143 e. The third-order valence-corrected chi connectivity index (χ3v) is 5.13. The minimum atomic E-state index is -0.336. The fourth-order valence-electron chi connectivity index (χ4n) is 2.10. The van der Waals surface area contributed by atoms with Crippen molar-refractivity contribution in [1.29, 1.82) is 0 Å². The molecule has 0 saturated carbocycles. The van der Waals surface area contributed by atoms with Crippen molar-refractivity contribution in [3.8, 4) is 0 Å². The van der Waals surface area contributed by atoms with Gasteiger partial charge in [-0.15, -0.1) is 22.9 Å². The third-order valence-electron chi connectivity index (χ3n) is 3.04. The summed E-state index contributed by atoms with van der Waals surface area (Å²) in [6.07, 6.45) is 0. The molecule has 0 amide bonds. The normalized spacial score (nSPS) is 12.8.